The molecule has 3 rings (SSSR count). The molecule has 6 heteroatoms. The van der Waals surface area contributed by atoms with Gasteiger partial charge in [-0.05, 0) is 61.7 Å². The van der Waals surface area contributed by atoms with Gasteiger partial charge in [-0.25, -0.2) is 4.79 Å². The minimum atomic E-state index is -0.148. The number of anilines is 2. The number of carbonyl (C=O) groups excluding carboxylic acids is 1. The lowest BCUT2D eigenvalue weighted by molar-refractivity contribution is 0.207. The van der Waals surface area contributed by atoms with Gasteiger partial charge in [-0.1, -0.05) is 17.7 Å². The lowest BCUT2D eigenvalue weighted by atomic mass is 10.1. The molecule has 1 N–H and O–H groups in total. The van der Waals surface area contributed by atoms with Gasteiger partial charge in [0.05, 0.1) is 6.54 Å². The molecule has 0 spiro atoms. The predicted octanol–water partition coefficient (Wildman–Crippen LogP) is 4.87. The maximum Gasteiger partial charge on any atom is 0.321 e. The Kier molecular flexibility index (Phi) is 6.82. The highest BCUT2D eigenvalue weighted by Gasteiger charge is 2.13. The van der Waals surface area contributed by atoms with Gasteiger partial charge in [0, 0.05) is 36.5 Å². The van der Waals surface area contributed by atoms with Gasteiger partial charge in [-0.2, -0.15) is 0 Å². The second kappa shape index (κ2) is 9.51. The van der Waals surface area contributed by atoms with Crippen LogP contribution >= 0.6 is 11.6 Å². The third kappa shape index (κ3) is 5.79. The van der Waals surface area contributed by atoms with Crippen molar-refractivity contribution in [3.05, 3.63) is 53.6 Å². The van der Waals surface area contributed by atoms with E-state index < -0.39 is 0 Å². The third-order valence-corrected chi connectivity index (χ3v) is 4.93. The Labute approximate surface area is 165 Å². The van der Waals surface area contributed by atoms with E-state index in [1.165, 1.54) is 24.9 Å². The summed E-state index contributed by atoms with van der Waals surface area (Å²) in [7, 11) is 1.76. The zero-order chi connectivity index (χ0) is 19.1. The lowest BCUT2D eigenvalue weighted by Gasteiger charge is -2.29. The number of carbonyl (C=O) groups is 1. The summed E-state index contributed by atoms with van der Waals surface area (Å²) in [6.07, 6.45) is 3.76. The molecule has 0 bridgehead atoms. The van der Waals surface area contributed by atoms with Crippen molar-refractivity contribution < 1.29 is 9.53 Å². The Morgan fingerprint density at radius 2 is 1.89 bits per heavy atom. The van der Waals surface area contributed by atoms with Crippen LogP contribution in [0.15, 0.2) is 48.5 Å². The number of nitrogens with zero attached hydrogens (tertiary/aromatic N) is 2. The number of hydrogen-bond acceptors (Lipinski definition) is 3. The Morgan fingerprint density at radius 3 is 2.63 bits per heavy atom. The minimum absolute atomic E-state index is 0.148. The number of nitrogens with one attached hydrogen (secondary N) is 1. The van der Waals surface area contributed by atoms with E-state index in [1.54, 1.807) is 24.1 Å². The van der Waals surface area contributed by atoms with Crippen molar-refractivity contribution in [1.29, 1.82) is 0 Å². The maximum absolute atomic E-state index is 12.4. The Balaban J connectivity index is 1.48. The van der Waals surface area contributed by atoms with E-state index in [4.69, 9.17) is 16.3 Å². The number of halogens is 1. The van der Waals surface area contributed by atoms with Crippen LogP contribution < -0.4 is 15.0 Å². The SMILES string of the molecule is CN(CCOc1ccc(Cl)cc1)C(=O)Nc1cccc(N2CCCCC2)c1. The normalized spacial score (nSPS) is 13.9. The zero-order valence-corrected chi connectivity index (χ0v) is 16.4. The molecule has 1 aliphatic rings. The first-order valence-corrected chi connectivity index (χ1v) is 9.75. The Hall–Kier alpha value is -2.40. The van der Waals surface area contributed by atoms with E-state index >= 15 is 0 Å². The van der Waals surface area contributed by atoms with Crippen LogP contribution in [0.4, 0.5) is 16.2 Å². The molecular weight excluding hydrogens is 362 g/mol. The highest BCUT2D eigenvalue weighted by Crippen LogP contribution is 2.23. The number of likely N-dealkylation sites (N-methyl/N-ethyl adjacent to an activating group) is 1. The van der Waals surface area contributed by atoms with Crippen LogP contribution in [0, 0.1) is 0 Å². The molecule has 1 saturated heterocycles. The molecule has 2 amide bonds. The van der Waals surface area contributed by atoms with Crippen molar-refractivity contribution in [2.45, 2.75) is 19.3 Å². The molecule has 1 aliphatic heterocycles. The Bertz CT molecular complexity index is 745. The van der Waals surface area contributed by atoms with Gasteiger partial charge in [-0.3, -0.25) is 0 Å². The van der Waals surface area contributed by atoms with Crippen LogP contribution in [0.5, 0.6) is 5.75 Å². The van der Waals surface area contributed by atoms with Crippen LogP contribution in [0.25, 0.3) is 0 Å². The smallest absolute Gasteiger partial charge is 0.321 e. The number of benzene rings is 2. The molecule has 0 atom stereocenters. The molecule has 0 radical (unpaired) electrons. The molecule has 0 aromatic heterocycles. The van der Waals surface area contributed by atoms with Crippen molar-refractivity contribution in [2.75, 3.05) is 43.5 Å². The van der Waals surface area contributed by atoms with Gasteiger partial charge in [0.2, 0.25) is 0 Å². The van der Waals surface area contributed by atoms with Crippen molar-refractivity contribution in [3.8, 4) is 5.75 Å². The van der Waals surface area contributed by atoms with Crippen molar-refractivity contribution in [1.82, 2.24) is 4.90 Å². The zero-order valence-electron chi connectivity index (χ0n) is 15.7. The van der Waals surface area contributed by atoms with Crippen LogP contribution in [0.1, 0.15) is 19.3 Å². The molecule has 27 heavy (non-hydrogen) atoms. The second-order valence-corrected chi connectivity index (χ2v) is 7.19. The monoisotopic (exact) mass is 387 g/mol. The largest absolute Gasteiger partial charge is 0.492 e. The number of ether oxygens (including phenoxy) is 1. The number of hydrogen-bond donors (Lipinski definition) is 1. The molecule has 2 aromatic rings. The Morgan fingerprint density at radius 1 is 1.15 bits per heavy atom. The fraction of sp³-hybridized carbons (Fsp3) is 0.381. The van der Waals surface area contributed by atoms with E-state index in [-0.39, 0.29) is 6.03 Å². The van der Waals surface area contributed by atoms with Gasteiger partial charge in [0.15, 0.2) is 0 Å². The molecule has 2 aromatic carbocycles. The lowest BCUT2D eigenvalue weighted by Crippen LogP contribution is -2.34. The number of urea groups is 1. The summed E-state index contributed by atoms with van der Waals surface area (Å²) in [6, 6.07) is 15.1. The molecule has 5 nitrogen and oxygen atoms in total. The average Bonchev–Trinajstić information content (AvgIpc) is 2.70. The second-order valence-electron chi connectivity index (χ2n) is 6.75. The fourth-order valence-corrected chi connectivity index (χ4v) is 3.21. The number of piperidine rings is 1. The summed E-state index contributed by atoms with van der Waals surface area (Å²) < 4.78 is 5.64. The standard InChI is InChI=1S/C21H26ClN3O2/c1-24(14-15-27-20-10-8-17(22)9-11-20)21(26)23-18-6-5-7-19(16-18)25-12-3-2-4-13-25/h5-11,16H,2-4,12-15H2,1H3,(H,23,26). The van der Waals surface area contributed by atoms with Gasteiger partial charge in [-0.15, -0.1) is 0 Å². The van der Waals surface area contributed by atoms with Crippen LogP contribution in [0.3, 0.4) is 0 Å². The summed E-state index contributed by atoms with van der Waals surface area (Å²) in [5, 5.41) is 3.64. The predicted molar refractivity (Wildman–Crippen MR) is 111 cm³/mol. The molecule has 0 saturated carbocycles. The highest BCUT2D eigenvalue weighted by atomic mass is 35.5. The fourth-order valence-electron chi connectivity index (χ4n) is 3.08. The van der Waals surface area contributed by atoms with E-state index in [1.807, 2.05) is 30.3 Å². The van der Waals surface area contributed by atoms with Crippen LogP contribution in [0.2, 0.25) is 5.02 Å². The van der Waals surface area contributed by atoms with Gasteiger partial charge in [0.25, 0.3) is 0 Å². The van der Waals surface area contributed by atoms with E-state index in [2.05, 4.69) is 16.3 Å². The third-order valence-electron chi connectivity index (χ3n) is 4.67. The van der Waals surface area contributed by atoms with Gasteiger partial charge in [0.1, 0.15) is 12.4 Å². The first-order valence-electron chi connectivity index (χ1n) is 9.37. The first kappa shape index (κ1) is 19.4. The summed E-state index contributed by atoms with van der Waals surface area (Å²) in [4.78, 5) is 16.4. The van der Waals surface area contributed by atoms with Crippen molar-refractivity contribution >= 4 is 29.0 Å². The summed E-state index contributed by atoms with van der Waals surface area (Å²) in [6.45, 7) is 3.07. The molecule has 0 unspecified atom stereocenters. The van der Waals surface area contributed by atoms with Crippen LogP contribution in [-0.2, 0) is 0 Å². The minimum Gasteiger partial charge on any atom is -0.492 e. The van der Waals surface area contributed by atoms with E-state index in [9.17, 15) is 4.79 Å². The van der Waals surface area contributed by atoms with Crippen LogP contribution in [-0.4, -0.2) is 44.2 Å². The number of rotatable bonds is 6. The van der Waals surface area contributed by atoms with Gasteiger partial charge < -0.3 is 19.9 Å². The van der Waals surface area contributed by atoms with E-state index in [0.717, 1.165) is 24.5 Å². The topological polar surface area (TPSA) is 44.8 Å². The average molecular weight is 388 g/mol. The molecule has 0 aliphatic carbocycles. The summed E-state index contributed by atoms with van der Waals surface area (Å²) in [5.41, 5.74) is 1.98. The molecule has 1 fully saturated rings. The first-order chi connectivity index (χ1) is 13.1. The van der Waals surface area contributed by atoms with Crippen molar-refractivity contribution in [3.63, 3.8) is 0 Å². The summed E-state index contributed by atoms with van der Waals surface area (Å²) in [5.74, 6) is 0.738. The maximum atomic E-state index is 12.4. The van der Waals surface area contributed by atoms with E-state index in [0.29, 0.717) is 18.2 Å². The highest BCUT2D eigenvalue weighted by molar-refractivity contribution is 6.30. The number of amides is 2. The molecule has 1 heterocycles. The van der Waals surface area contributed by atoms with Crippen molar-refractivity contribution in [2.24, 2.45) is 0 Å². The molecule has 144 valence electrons. The quantitative estimate of drug-likeness (QED) is 0.768. The van der Waals surface area contributed by atoms with Gasteiger partial charge >= 0.3 is 6.03 Å². The molecular formula is C21H26ClN3O2. The summed E-state index contributed by atoms with van der Waals surface area (Å²) >= 11 is 5.86.